The summed E-state index contributed by atoms with van der Waals surface area (Å²) in [7, 11) is 4.29. The summed E-state index contributed by atoms with van der Waals surface area (Å²) in [5, 5.41) is 22.9. The second-order valence-corrected chi connectivity index (χ2v) is 9.36. The summed E-state index contributed by atoms with van der Waals surface area (Å²) in [5.41, 5.74) is 4.25. The van der Waals surface area contributed by atoms with Crippen LogP contribution >= 0.6 is 24.2 Å². The van der Waals surface area contributed by atoms with Gasteiger partial charge in [-0.3, -0.25) is 9.38 Å². The number of hydrogen-bond acceptors (Lipinski definition) is 8. The normalized spacial score (nSPS) is 16.7. The molecule has 4 heterocycles. The molecule has 3 aromatic heterocycles. The second kappa shape index (κ2) is 9.54. The van der Waals surface area contributed by atoms with E-state index in [9.17, 15) is 0 Å². The molecule has 1 saturated heterocycles. The van der Waals surface area contributed by atoms with Crippen LogP contribution in [0, 0.1) is 0 Å². The second-order valence-electron chi connectivity index (χ2n) is 8.32. The Morgan fingerprint density at radius 1 is 1.18 bits per heavy atom. The molecule has 1 aromatic carbocycles. The first-order chi connectivity index (χ1) is 15.5. The molecule has 33 heavy (non-hydrogen) atoms. The molecule has 0 saturated carbocycles. The molecule has 0 amide bonds. The summed E-state index contributed by atoms with van der Waals surface area (Å²) >= 11 is 1.55. The molecule has 0 unspecified atom stereocenters. The van der Waals surface area contributed by atoms with Crippen molar-refractivity contribution in [2.24, 2.45) is 5.16 Å². The number of anilines is 1. The summed E-state index contributed by atoms with van der Waals surface area (Å²) in [6, 6.07) is 12.8. The molecule has 1 aliphatic rings. The van der Waals surface area contributed by atoms with E-state index in [1.165, 1.54) is 12.1 Å². The van der Waals surface area contributed by atoms with E-state index in [0.717, 1.165) is 45.3 Å². The molecular formula is C23H26ClN7OS. The highest BCUT2D eigenvalue weighted by molar-refractivity contribution is 7.99. The zero-order valence-corrected chi connectivity index (χ0v) is 20.3. The van der Waals surface area contributed by atoms with Crippen LogP contribution < -0.4 is 4.90 Å². The van der Waals surface area contributed by atoms with E-state index >= 15 is 0 Å². The van der Waals surface area contributed by atoms with Crippen LogP contribution in [0.5, 0.6) is 0 Å². The number of rotatable bonds is 5. The highest BCUT2D eigenvalue weighted by Crippen LogP contribution is 2.31. The Labute approximate surface area is 202 Å². The van der Waals surface area contributed by atoms with Crippen molar-refractivity contribution in [1.82, 2.24) is 24.5 Å². The van der Waals surface area contributed by atoms with Gasteiger partial charge in [0.15, 0.2) is 10.8 Å². The van der Waals surface area contributed by atoms with E-state index in [1.807, 2.05) is 35.0 Å². The molecule has 1 fully saturated rings. The molecule has 5 rings (SSSR count). The average Bonchev–Trinajstić information content (AvgIpc) is 3.46. The van der Waals surface area contributed by atoms with Gasteiger partial charge < -0.3 is 15.0 Å². The Morgan fingerprint density at radius 2 is 2.03 bits per heavy atom. The monoisotopic (exact) mass is 483 g/mol. The van der Waals surface area contributed by atoms with Gasteiger partial charge in [-0.05, 0) is 75.6 Å². The molecule has 0 aliphatic carbocycles. The lowest BCUT2D eigenvalue weighted by atomic mass is 10.2. The van der Waals surface area contributed by atoms with Gasteiger partial charge in [0.1, 0.15) is 0 Å². The maximum atomic E-state index is 9.09. The van der Waals surface area contributed by atoms with E-state index in [2.05, 4.69) is 62.4 Å². The van der Waals surface area contributed by atoms with Crippen LogP contribution in [-0.4, -0.2) is 68.6 Å². The van der Waals surface area contributed by atoms with Gasteiger partial charge in [-0.15, -0.1) is 22.6 Å². The Hall–Kier alpha value is -2.88. The number of hydrogen-bond donors (Lipinski definition) is 1. The van der Waals surface area contributed by atoms with Gasteiger partial charge in [-0.2, -0.15) is 0 Å². The summed E-state index contributed by atoms with van der Waals surface area (Å²) in [6.07, 6.45) is 5.04. The predicted octanol–water partition coefficient (Wildman–Crippen LogP) is 4.19. The number of oxime groups is 1. The fraction of sp³-hybridized carbons (Fsp3) is 0.304. The Balaban J connectivity index is 0.00000259. The van der Waals surface area contributed by atoms with Crippen molar-refractivity contribution in [2.75, 3.05) is 32.1 Å². The van der Waals surface area contributed by atoms with E-state index in [4.69, 9.17) is 5.21 Å². The Kier molecular flexibility index (Phi) is 6.73. The van der Waals surface area contributed by atoms with Crippen LogP contribution in [0.25, 0.3) is 16.6 Å². The third-order valence-electron chi connectivity index (χ3n) is 6.05. The van der Waals surface area contributed by atoms with Crippen molar-refractivity contribution in [2.45, 2.75) is 29.4 Å². The van der Waals surface area contributed by atoms with Crippen LogP contribution in [-0.2, 0) is 0 Å². The lowest BCUT2D eigenvalue weighted by Gasteiger charge is -2.21. The minimum absolute atomic E-state index is 0. The molecule has 1 aliphatic heterocycles. The molecule has 0 bridgehead atoms. The highest BCUT2D eigenvalue weighted by Gasteiger charge is 2.24. The third-order valence-corrected chi connectivity index (χ3v) is 7.00. The van der Waals surface area contributed by atoms with Crippen molar-refractivity contribution in [1.29, 1.82) is 0 Å². The van der Waals surface area contributed by atoms with Crippen LogP contribution in [0.3, 0.4) is 0 Å². The number of aromatic nitrogens is 4. The first kappa shape index (κ1) is 23.3. The van der Waals surface area contributed by atoms with Gasteiger partial charge in [-0.1, -0.05) is 5.16 Å². The zero-order valence-electron chi connectivity index (χ0n) is 18.7. The molecule has 1 N–H and O–H groups in total. The maximum Gasteiger partial charge on any atom is 0.200 e. The van der Waals surface area contributed by atoms with Gasteiger partial charge in [0.25, 0.3) is 0 Å². The molecule has 10 heteroatoms. The average molecular weight is 484 g/mol. The number of halogens is 1. The first-order valence-corrected chi connectivity index (χ1v) is 11.4. The van der Waals surface area contributed by atoms with Crippen LogP contribution in [0.1, 0.15) is 18.9 Å². The summed E-state index contributed by atoms with van der Waals surface area (Å²) < 4.78 is 1.92. The number of benzene rings is 1. The van der Waals surface area contributed by atoms with E-state index < -0.39 is 0 Å². The van der Waals surface area contributed by atoms with Crippen molar-refractivity contribution in [3.8, 4) is 0 Å². The zero-order chi connectivity index (χ0) is 22.2. The number of pyridine rings is 2. The topological polar surface area (TPSA) is 82.1 Å². The largest absolute Gasteiger partial charge is 0.411 e. The van der Waals surface area contributed by atoms with Gasteiger partial charge in [0.05, 0.1) is 23.1 Å². The van der Waals surface area contributed by atoms with Crippen LogP contribution in [0.4, 0.5) is 5.69 Å². The maximum absolute atomic E-state index is 9.09. The molecule has 4 aromatic rings. The predicted molar refractivity (Wildman–Crippen MR) is 134 cm³/mol. The Morgan fingerprint density at radius 3 is 2.79 bits per heavy atom. The summed E-state index contributed by atoms with van der Waals surface area (Å²) in [5.74, 6) is 0. The molecule has 0 spiro atoms. The molecule has 172 valence electrons. The standard InChI is InChI=1S/C23H25N7OS.ClH/c1-15(27-31)16-4-7-22-25-26-23(30(22)13-16)32-20-5-6-21-17(11-20)10-19(12-24-21)29-9-8-18(14-29)28(2)3;/h4-7,10-13,18,31H,8-9,14H2,1-3H3;1H/t18-;/m0./s1. The van der Waals surface area contributed by atoms with Crippen LogP contribution in [0.15, 0.2) is 64.0 Å². The summed E-state index contributed by atoms with van der Waals surface area (Å²) in [4.78, 5) is 10.5. The third kappa shape index (κ3) is 4.62. The highest BCUT2D eigenvalue weighted by atomic mass is 35.5. The fourth-order valence-corrected chi connectivity index (χ4v) is 4.91. The molecule has 1 atom stereocenters. The van der Waals surface area contributed by atoms with Gasteiger partial charge >= 0.3 is 0 Å². The first-order valence-electron chi connectivity index (χ1n) is 10.5. The molecule has 0 radical (unpaired) electrons. The lowest BCUT2D eigenvalue weighted by Crippen LogP contribution is -2.31. The minimum atomic E-state index is 0. The smallest absolute Gasteiger partial charge is 0.200 e. The van der Waals surface area contributed by atoms with Crippen LogP contribution in [0.2, 0.25) is 0 Å². The van der Waals surface area contributed by atoms with Gasteiger partial charge in [-0.25, -0.2) is 0 Å². The van der Waals surface area contributed by atoms with Gasteiger partial charge in [0, 0.05) is 41.2 Å². The van der Waals surface area contributed by atoms with E-state index in [0.29, 0.717) is 11.8 Å². The quantitative estimate of drug-likeness (QED) is 0.259. The minimum Gasteiger partial charge on any atom is -0.411 e. The SMILES string of the molecule is CC(=NO)c1ccc2nnc(Sc3ccc4ncc(N5CC[C@H](N(C)C)C5)cc4c3)n2c1.Cl. The van der Waals surface area contributed by atoms with Crippen molar-refractivity contribution < 1.29 is 5.21 Å². The number of fused-ring (bicyclic) bond motifs is 2. The van der Waals surface area contributed by atoms with E-state index in [1.54, 1.807) is 18.7 Å². The lowest BCUT2D eigenvalue weighted by molar-refractivity contribution is 0.315. The fourth-order valence-electron chi connectivity index (χ4n) is 4.05. The van der Waals surface area contributed by atoms with E-state index in [-0.39, 0.29) is 12.4 Å². The molecular weight excluding hydrogens is 458 g/mol. The van der Waals surface area contributed by atoms with Crippen molar-refractivity contribution >= 4 is 52.1 Å². The summed E-state index contributed by atoms with van der Waals surface area (Å²) in [6.45, 7) is 3.84. The van der Waals surface area contributed by atoms with Crippen molar-refractivity contribution in [3.05, 3.63) is 54.4 Å². The molecule has 8 nitrogen and oxygen atoms in total. The van der Waals surface area contributed by atoms with Gasteiger partial charge in [0.2, 0.25) is 0 Å². The Bertz CT molecular complexity index is 1320. The van der Waals surface area contributed by atoms with Crippen molar-refractivity contribution in [3.63, 3.8) is 0 Å². The number of likely N-dealkylation sites (N-methyl/N-ethyl adjacent to an activating group) is 1. The number of nitrogens with zero attached hydrogens (tertiary/aromatic N) is 7.